The number of likely N-dealkylation sites (tertiary alicyclic amines) is 1. The van der Waals surface area contributed by atoms with Gasteiger partial charge < -0.3 is 10.6 Å². The number of hydrogen-bond acceptors (Lipinski definition) is 2. The SMILES string of the molecule is NC(CCN1CCCC2CCCC21)c1ccc(Cl)cc1. The van der Waals surface area contributed by atoms with Gasteiger partial charge in [0.1, 0.15) is 0 Å². The molecule has 0 bridgehead atoms. The lowest BCUT2D eigenvalue weighted by Crippen LogP contribution is -2.43. The van der Waals surface area contributed by atoms with Gasteiger partial charge in [-0.1, -0.05) is 30.2 Å². The zero-order chi connectivity index (χ0) is 13.9. The molecule has 1 heterocycles. The Bertz CT molecular complexity index is 431. The van der Waals surface area contributed by atoms with Crippen LogP contribution in [0, 0.1) is 5.92 Å². The van der Waals surface area contributed by atoms with Gasteiger partial charge in [0.25, 0.3) is 0 Å². The molecule has 3 rings (SSSR count). The van der Waals surface area contributed by atoms with Gasteiger partial charge in [-0.25, -0.2) is 0 Å². The summed E-state index contributed by atoms with van der Waals surface area (Å²) < 4.78 is 0. The molecule has 0 amide bonds. The molecule has 2 N–H and O–H groups in total. The van der Waals surface area contributed by atoms with Gasteiger partial charge in [-0.3, -0.25) is 0 Å². The summed E-state index contributed by atoms with van der Waals surface area (Å²) in [6, 6.07) is 8.97. The summed E-state index contributed by atoms with van der Waals surface area (Å²) in [5.74, 6) is 0.968. The predicted octanol–water partition coefficient (Wildman–Crippen LogP) is 3.99. The zero-order valence-corrected chi connectivity index (χ0v) is 12.9. The maximum Gasteiger partial charge on any atom is 0.0406 e. The van der Waals surface area contributed by atoms with Crippen molar-refractivity contribution in [1.29, 1.82) is 0 Å². The number of halogens is 1. The van der Waals surface area contributed by atoms with Crippen LogP contribution >= 0.6 is 11.6 Å². The number of fused-ring (bicyclic) bond motifs is 1. The van der Waals surface area contributed by atoms with Gasteiger partial charge in [0.2, 0.25) is 0 Å². The highest BCUT2D eigenvalue weighted by atomic mass is 35.5. The number of nitrogens with two attached hydrogens (primary N) is 1. The summed E-state index contributed by atoms with van der Waals surface area (Å²) in [5, 5.41) is 0.783. The summed E-state index contributed by atoms with van der Waals surface area (Å²) >= 11 is 5.93. The molecule has 2 nitrogen and oxygen atoms in total. The summed E-state index contributed by atoms with van der Waals surface area (Å²) in [6.45, 7) is 2.42. The molecule has 1 aliphatic carbocycles. The van der Waals surface area contributed by atoms with Gasteiger partial charge >= 0.3 is 0 Å². The maximum atomic E-state index is 6.33. The number of nitrogens with zero attached hydrogens (tertiary/aromatic N) is 1. The van der Waals surface area contributed by atoms with Crippen molar-refractivity contribution in [3.63, 3.8) is 0 Å². The van der Waals surface area contributed by atoms with Gasteiger partial charge in [0, 0.05) is 23.7 Å². The topological polar surface area (TPSA) is 29.3 Å². The first-order valence-corrected chi connectivity index (χ1v) is 8.37. The van der Waals surface area contributed by atoms with Gasteiger partial charge in [0.05, 0.1) is 0 Å². The Labute approximate surface area is 127 Å². The molecule has 1 saturated heterocycles. The van der Waals surface area contributed by atoms with Gasteiger partial charge in [-0.2, -0.15) is 0 Å². The lowest BCUT2D eigenvalue weighted by molar-refractivity contribution is 0.109. The molecule has 3 unspecified atom stereocenters. The largest absolute Gasteiger partial charge is 0.324 e. The van der Waals surface area contributed by atoms with E-state index in [1.165, 1.54) is 44.2 Å². The number of benzene rings is 1. The molecule has 3 atom stereocenters. The second-order valence-electron chi connectivity index (χ2n) is 6.38. The van der Waals surface area contributed by atoms with Crippen molar-refractivity contribution in [1.82, 2.24) is 4.90 Å². The third-order valence-electron chi connectivity index (χ3n) is 5.13. The minimum atomic E-state index is 0.133. The van der Waals surface area contributed by atoms with Crippen LogP contribution in [-0.2, 0) is 0 Å². The number of rotatable bonds is 4. The summed E-state index contributed by atoms with van der Waals surface area (Å²) in [4.78, 5) is 2.71. The quantitative estimate of drug-likeness (QED) is 0.909. The minimum absolute atomic E-state index is 0.133. The minimum Gasteiger partial charge on any atom is -0.324 e. The van der Waals surface area contributed by atoms with Crippen molar-refractivity contribution >= 4 is 11.6 Å². The molecule has 0 aromatic heterocycles. The molecule has 20 heavy (non-hydrogen) atoms. The van der Waals surface area contributed by atoms with E-state index in [1.807, 2.05) is 12.1 Å². The van der Waals surface area contributed by atoms with E-state index in [4.69, 9.17) is 17.3 Å². The molecular formula is C17H25ClN2. The van der Waals surface area contributed by atoms with E-state index in [0.29, 0.717) is 0 Å². The van der Waals surface area contributed by atoms with Crippen LogP contribution < -0.4 is 5.73 Å². The van der Waals surface area contributed by atoms with E-state index in [1.54, 1.807) is 0 Å². The average Bonchev–Trinajstić information content (AvgIpc) is 2.94. The third-order valence-corrected chi connectivity index (χ3v) is 5.39. The lowest BCUT2D eigenvalue weighted by Gasteiger charge is -2.38. The average molecular weight is 293 g/mol. The summed E-state index contributed by atoms with van der Waals surface area (Å²) in [5.41, 5.74) is 7.53. The molecule has 2 aliphatic rings. The van der Waals surface area contributed by atoms with Crippen molar-refractivity contribution in [3.8, 4) is 0 Å². The first-order valence-electron chi connectivity index (χ1n) is 7.99. The van der Waals surface area contributed by atoms with Crippen LogP contribution in [0.4, 0.5) is 0 Å². The molecular weight excluding hydrogens is 268 g/mol. The standard InChI is InChI=1S/C17H25ClN2/c18-15-8-6-13(7-9-15)16(19)10-12-20-11-2-4-14-3-1-5-17(14)20/h6-9,14,16-17H,1-5,10-12,19H2. The van der Waals surface area contributed by atoms with Crippen molar-refractivity contribution in [2.24, 2.45) is 11.7 Å². The fourth-order valence-corrected chi connectivity index (χ4v) is 4.14. The molecule has 0 spiro atoms. The van der Waals surface area contributed by atoms with Crippen molar-refractivity contribution in [2.75, 3.05) is 13.1 Å². The summed E-state index contributed by atoms with van der Waals surface area (Å²) in [7, 11) is 0. The Kier molecular flexibility index (Phi) is 4.65. The molecule has 3 heteroatoms. The van der Waals surface area contributed by atoms with Crippen LogP contribution in [0.2, 0.25) is 5.02 Å². The van der Waals surface area contributed by atoms with Gasteiger partial charge in [-0.15, -0.1) is 0 Å². The molecule has 2 fully saturated rings. The molecule has 1 aliphatic heterocycles. The van der Waals surface area contributed by atoms with Crippen LogP contribution in [0.3, 0.4) is 0 Å². The van der Waals surface area contributed by atoms with Crippen molar-refractivity contribution in [2.45, 2.75) is 50.6 Å². The fourth-order valence-electron chi connectivity index (χ4n) is 4.02. The highest BCUT2D eigenvalue weighted by molar-refractivity contribution is 6.30. The smallest absolute Gasteiger partial charge is 0.0406 e. The molecule has 110 valence electrons. The van der Waals surface area contributed by atoms with Gasteiger partial charge in [0.15, 0.2) is 0 Å². The van der Waals surface area contributed by atoms with Crippen LogP contribution in [0.25, 0.3) is 0 Å². The lowest BCUT2D eigenvalue weighted by atomic mass is 9.91. The van der Waals surface area contributed by atoms with Crippen LogP contribution in [0.15, 0.2) is 24.3 Å². The first-order chi connectivity index (χ1) is 9.74. The monoisotopic (exact) mass is 292 g/mol. The Balaban J connectivity index is 1.54. The Morgan fingerprint density at radius 3 is 2.70 bits per heavy atom. The highest BCUT2D eigenvalue weighted by Crippen LogP contribution is 2.37. The summed E-state index contributed by atoms with van der Waals surface area (Å²) in [6.07, 6.45) is 8.15. The van der Waals surface area contributed by atoms with E-state index in [-0.39, 0.29) is 6.04 Å². The second-order valence-corrected chi connectivity index (χ2v) is 6.82. The van der Waals surface area contributed by atoms with Crippen LogP contribution in [0.1, 0.15) is 50.1 Å². The molecule has 1 aromatic carbocycles. The molecule has 0 radical (unpaired) electrons. The van der Waals surface area contributed by atoms with Crippen molar-refractivity contribution < 1.29 is 0 Å². The maximum absolute atomic E-state index is 6.33. The van der Waals surface area contributed by atoms with E-state index >= 15 is 0 Å². The first kappa shape index (κ1) is 14.4. The van der Waals surface area contributed by atoms with Crippen molar-refractivity contribution in [3.05, 3.63) is 34.9 Å². The Morgan fingerprint density at radius 1 is 1.15 bits per heavy atom. The van der Waals surface area contributed by atoms with E-state index in [2.05, 4.69) is 17.0 Å². The predicted molar refractivity (Wildman–Crippen MR) is 84.9 cm³/mol. The Morgan fingerprint density at radius 2 is 1.90 bits per heavy atom. The molecule has 1 saturated carbocycles. The fraction of sp³-hybridized carbons (Fsp3) is 0.647. The van der Waals surface area contributed by atoms with Gasteiger partial charge in [-0.05, 0) is 62.3 Å². The Hall–Kier alpha value is -0.570. The second kappa shape index (κ2) is 6.46. The normalized spacial score (nSPS) is 28.3. The highest BCUT2D eigenvalue weighted by Gasteiger charge is 2.34. The van der Waals surface area contributed by atoms with Crippen LogP contribution in [-0.4, -0.2) is 24.0 Å². The number of hydrogen-bond donors (Lipinski definition) is 1. The van der Waals surface area contributed by atoms with E-state index < -0.39 is 0 Å². The zero-order valence-electron chi connectivity index (χ0n) is 12.1. The molecule has 1 aromatic rings. The third kappa shape index (κ3) is 3.19. The van der Waals surface area contributed by atoms with E-state index in [9.17, 15) is 0 Å². The van der Waals surface area contributed by atoms with E-state index in [0.717, 1.165) is 29.9 Å². The van der Waals surface area contributed by atoms with Crippen LogP contribution in [0.5, 0.6) is 0 Å². The number of piperidine rings is 1.